The Bertz CT molecular complexity index is 721. The summed E-state index contributed by atoms with van der Waals surface area (Å²) in [5, 5.41) is 17.3. The largest absolute Gasteiger partial charge is 0.463 e. The number of piperidine rings is 1. The average Bonchev–Trinajstić information content (AvgIpc) is 3.10. The molecule has 8 heteroatoms. The third kappa shape index (κ3) is 7.55. The Balaban J connectivity index is 1.91. The van der Waals surface area contributed by atoms with E-state index in [0.717, 1.165) is 25.1 Å². The maximum atomic E-state index is 12.4. The van der Waals surface area contributed by atoms with E-state index in [1.807, 2.05) is 40.7 Å². The molecule has 0 aromatic carbocycles. The number of aliphatic hydroxyl groups is 1. The van der Waals surface area contributed by atoms with Crippen molar-refractivity contribution in [3.63, 3.8) is 0 Å². The summed E-state index contributed by atoms with van der Waals surface area (Å²) in [5.74, 6) is 2.20. The Morgan fingerprint density at radius 2 is 2.07 bits per heavy atom. The second kappa shape index (κ2) is 10.2. The summed E-state index contributed by atoms with van der Waals surface area (Å²) in [6.45, 7) is 14.1. The third-order valence-corrected chi connectivity index (χ3v) is 4.89. The number of nitrogens with zero attached hydrogens (tertiary/aromatic N) is 2. The summed E-state index contributed by atoms with van der Waals surface area (Å²) in [4.78, 5) is 18.7. The molecule has 1 fully saturated rings. The first-order valence-corrected chi connectivity index (χ1v) is 10.8. The summed E-state index contributed by atoms with van der Waals surface area (Å²) in [6.07, 6.45) is 1.73. The van der Waals surface area contributed by atoms with E-state index >= 15 is 0 Å². The van der Waals surface area contributed by atoms with Crippen LogP contribution in [0.3, 0.4) is 0 Å². The van der Waals surface area contributed by atoms with E-state index in [9.17, 15) is 9.90 Å². The fourth-order valence-corrected chi connectivity index (χ4v) is 3.34. The molecule has 1 aliphatic rings. The van der Waals surface area contributed by atoms with Gasteiger partial charge in [-0.25, -0.2) is 9.79 Å². The molecule has 2 atom stereocenters. The molecule has 0 bridgehead atoms. The van der Waals surface area contributed by atoms with Gasteiger partial charge in [0.15, 0.2) is 5.96 Å². The predicted octanol–water partition coefficient (Wildman–Crippen LogP) is 3.00. The highest BCUT2D eigenvalue weighted by atomic mass is 16.6. The van der Waals surface area contributed by atoms with E-state index in [2.05, 4.69) is 15.6 Å². The van der Waals surface area contributed by atoms with Crippen molar-refractivity contribution in [2.24, 2.45) is 10.9 Å². The fraction of sp³-hybridized carbons (Fsp3) is 0.727. The molecule has 1 saturated heterocycles. The maximum absolute atomic E-state index is 12.4. The second-order valence-corrected chi connectivity index (χ2v) is 9.19. The molecular formula is C22H38N4O4. The zero-order valence-electron chi connectivity index (χ0n) is 19.2. The van der Waals surface area contributed by atoms with Crippen molar-refractivity contribution in [2.45, 2.75) is 65.6 Å². The third-order valence-electron chi connectivity index (χ3n) is 4.89. The van der Waals surface area contributed by atoms with Gasteiger partial charge in [0.25, 0.3) is 0 Å². The first kappa shape index (κ1) is 24.1. The SMILES string of the molecule is CCNC(=NCC(C)(O)c1ccc(C)o1)NCC1CCCN(C(=O)OC(C)(C)C)C1. The number of likely N-dealkylation sites (tertiary alicyclic amines) is 1. The van der Waals surface area contributed by atoms with Crippen molar-refractivity contribution in [3.8, 4) is 0 Å². The number of hydrogen-bond donors (Lipinski definition) is 3. The van der Waals surface area contributed by atoms with Gasteiger partial charge in [0.05, 0.1) is 6.54 Å². The van der Waals surface area contributed by atoms with Crippen LogP contribution in [0.15, 0.2) is 21.5 Å². The Morgan fingerprint density at radius 1 is 1.33 bits per heavy atom. The summed E-state index contributed by atoms with van der Waals surface area (Å²) < 4.78 is 11.1. The van der Waals surface area contributed by atoms with Gasteiger partial charge in [-0.1, -0.05) is 0 Å². The number of hydrogen-bond acceptors (Lipinski definition) is 5. The van der Waals surface area contributed by atoms with E-state index < -0.39 is 11.2 Å². The first-order chi connectivity index (χ1) is 14.0. The Morgan fingerprint density at radius 3 is 2.67 bits per heavy atom. The minimum absolute atomic E-state index is 0.171. The van der Waals surface area contributed by atoms with Gasteiger partial charge in [-0.05, 0) is 72.4 Å². The smallest absolute Gasteiger partial charge is 0.410 e. The molecule has 8 nitrogen and oxygen atoms in total. The van der Waals surface area contributed by atoms with Gasteiger partial charge in [-0.3, -0.25) is 0 Å². The predicted molar refractivity (Wildman–Crippen MR) is 118 cm³/mol. The molecule has 2 heterocycles. The molecule has 1 aliphatic heterocycles. The number of carbonyl (C=O) groups is 1. The minimum Gasteiger partial charge on any atom is -0.463 e. The quantitative estimate of drug-likeness (QED) is 0.481. The minimum atomic E-state index is -1.19. The molecule has 1 amide bonds. The van der Waals surface area contributed by atoms with Gasteiger partial charge in [0.2, 0.25) is 0 Å². The normalized spacial score (nSPS) is 19.9. The van der Waals surface area contributed by atoms with Crippen LogP contribution >= 0.6 is 0 Å². The van der Waals surface area contributed by atoms with Gasteiger partial charge in [-0.15, -0.1) is 0 Å². The standard InChI is InChI=1S/C22H38N4O4/c1-7-23-19(25-15-22(6,28)18-11-10-16(2)29-18)24-13-17-9-8-12-26(14-17)20(27)30-21(3,4)5/h10-11,17,28H,7-9,12-15H2,1-6H3,(H2,23,24,25). The average molecular weight is 423 g/mol. The highest BCUT2D eigenvalue weighted by Gasteiger charge is 2.28. The van der Waals surface area contributed by atoms with Crippen LogP contribution in [0, 0.1) is 12.8 Å². The molecule has 30 heavy (non-hydrogen) atoms. The first-order valence-electron chi connectivity index (χ1n) is 10.8. The van der Waals surface area contributed by atoms with Crippen molar-refractivity contribution in [1.82, 2.24) is 15.5 Å². The lowest BCUT2D eigenvalue weighted by molar-refractivity contribution is 0.0168. The van der Waals surface area contributed by atoms with Crippen LogP contribution in [0.5, 0.6) is 0 Å². The lowest BCUT2D eigenvalue weighted by Gasteiger charge is -2.34. The molecule has 0 aliphatic carbocycles. The summed E-state index contributed by atoms with van der Waals surface area (Å²) >= 11 is 0. The number of aliphatic imine (C=N–C) groups is 1. The van der Waals surface area contributed by atoms with Crippen LogP contribution in [-0.4, -0.2) is 60.4 Å². The van der Waals surface area contributed by atoms with Crippen molar-refractivity contribution in [3.05, 3.63) is 23.7 Å². The van der Waals surface area contributed by atoms with Crippen LogP contribution in [-0.2, 0) is 10.3 Å². The van der Waals surface area contributed by atoms with Gasteiger partial charge < -0.3 is 29.8 Å². The van der Waals surface area contributed by atoms with Gasteiger partial charge in [0, 0.05) is 26.2 Å². The number of furan rings is 1. The lowest BCUT2D eigenvalue weighted by Crippen LogP contribution is -2.47. The zero-order valence-corrected chi connectivity index (χ0v) is 19.2. The molecule has 0 spiro atoms. The number of aryl methyl sites for hydroxylation is 1. The second-order valence-electron chi connectivity index (χ2n) is 9.19. The highest BCUT2D eigenvalue weighted by molar-refractivity contribution is 5.79. The van der Waals surface area contributed by atoms with Crippen LogP contribution < -0.4 is 10.6 Å². The van der Waals surface area contributed by atoms with Crippen molar-refractivity contribution >= 4 is 12.1 Å². The summed E-state index contributed by atoms with van der Waals surface area (Å²) in [5.41, 5.74) is -1.68. The van der Waals surface area contributed by atoms with E-state index in [1.54, 1.807) is 17.9 Å². The Labute approximate surface area is 180 Å². The topological polar surface area (TPSA) is 99.3 Å². The fourth-order valence-electron chi connectivity index (χ4n) is 3.34. The number of nitrogens with one attached hydrogen (secondary N) is 2. The van der Waals surface area contributed by atoms with Crippen molar-refractivity contribution in [2.75, 3.05) is 32.7 Å². The number of amides is 1. The Kier molecular flexibility index (Phi) is 8.18. The molecule has 2 unspecified atom stereocenters. The summed E-state index contributed by atoms with van der Waals surface area (Å²) in [6, 6.07) is 3.61. The van der Waals surface area contributed by atoms with E-state index in [0.29, 0.717) is 37.3 Å². The summed E-state index contributed by atoms with van der Waals surface area (Å²) in [7, 11) is 0. The van der Waals surface area contributed by atoms with Gasteiger partial charge >= 0.3 is 6.09 Å². The molecule has 170 valence electrons. The van der Waals surface area contributed by atoms with Crippen LogP contribution in [0.1, 0.15) is 59.0 Å². The number of carbonyl (C=O) groups excluding carboxylic acids is 1. The molecule has 0 radical (unpaired) electrons. The lowest BCUT2D eigenvalue weighted by atomic mass is 9.98. The number of guanidine groups is 1. The van der Waals surface area contributed by atoms with Crippen LogP contribution in [0.4, 0.5) is 4.79 Å². The number of rotatable bonds is 6. The molecular weight excluding hydrogens is 384 g/mol. The van der Waals surface area contributed by atoms with E-state index in [4.69, 9.17) is 9.15 Å². The van der Waals surface area contributed by atoms with E-state index in [1.165, 1.54) is 0 Å². The number of ether oxygens (including phenoxy) is 1. The van der Waals surface area contributed by atoms with Crippen LogP contribution in [0.25, 0.3) is 0 Å². The molecule has 1 aromatic rings. The molecule has 0 saturated carbocycles. The monoisotopic (exact) mass is 422 g/mol. The van der Waals surface area contributed by atoms with Crippen molar-refractivity contribution < 1.29 is 19.1 Å². The highest BCUT2D eigenvalue weighted by Crippen LogP contribution is 2.23. The molecule has 1 aromatic heterocycles. The Hall–Kier alpha value is -2.22. The molecule has 3 N–H and O–H groups in total. The van der Waals surface area contributed by atoms with Crippen molar-refractivity contribution in [1.29, 1.82) is 0 Å². The van der Waals surface area contributed by atoms with Crippen LogP contribution in [0.2, 0.25) is 0 Å². The molecule has 2 rings (SSSR count). The van der Waals surface area contributed by atoms with Gasteiger partial charge in [0.1, 0.15) is 22.7 Å². The zero-order chi connectivity index (χ0) is 22.4. The van der Waals surface area contributed by atoms with Gasteiger partial charge in [-0.2, -0.15) is 0 Å². The maximum Gasteiger partial charge on any atom is 0.410 e. The van der Waals surface area contributed by atoms with E-state index in [-0.39, 0.29) is 12.6 Å².